The fourth-order valence-corrected chi connectivity index (χ4v) is 3.65. The molecule has 2 aromatic heterocycles. The van der Waals surface area contributed by atoms with E-state index in [1.807, 2.05) is 43.5 Å². The predicted molar refractivity (Wildman–Crippen MR) is 85.1 cm³/mol. The van der Waals surface area contributed by atoms with Crippen molar-refractivity contribution in [1.29, 1.82) is 0 Å². The zero-order valence-electron chi connectivity index (χ0n) is 12.4. The van der Waals surface area contributed by atoms with Crippen molar-refractivity contribution in [3.8, 4) is 0 Å². The predicted octanol–water partition coefficient (Wildman–Crippen LogP) is 2.43. The van der Waals surface area contributed by atoms with Crippen LogP contribution in [-0.2, 0) is 16.6 Å². The van der Waals surface area contributed by atoms with Gasteiger partial charge in [0.15, 0.2) is 0 Å². The average molecular weight is 315 g/mol. The van der Waals surface area contributed by atoms with Crippen LogP contribution in [0.3, 0.4) is 0 Å². The van der Waals surface area contributed by atoms with Crippen LogP contribution in [-0.4, -0.2) is 18.0 Å². The molecule has 1 N–H and O–H groups in total. The zero-order chi connectivity index (χ0) is 15.7. The van der Waals surface area contributed by atoms with Gasteiger partial charge in [0.2, 0.25) is 10.0 Å². The molecule has 0 bridgehead atoms. The summed E-state index contributed by atoms with van der Waals surface area (Å²) in [5, 5.41) is 4.34. The minimum atomic E-state index is -3.54. The van der Waals surface area contributed by atoms with Crippen LogP contribution in [0.25, 0.3) is 5.52 Å². The number of nitrogens with one attached hydrogen (secondary N) is 1. The Morgan fingerprint density at radius 1 is 1.14 bits per heavy atom. The van der Waals surface area contributed by atoms with Gasteiger partial charge in [-0.25, -0.2) is 17.7 Å². The summed E-state index contributed by atoms with van der Waals surface area (Å²) in [6.07, 6.45) is 1.83. The molecule has 0 saturated heterocycles. The molecule has 114 valence electrons. The summed E-state index contributed by atoms with van der Waals surface area (Å²) in [5.41, 5.74) is 3.39. The van der Waals surface area contributed by atoms with Gasteiger partial charge in [0.05, 0.1) is 22.7 Å². The summed E-state index contributed by atoms with van der Waals surface area (Å²) in [5.74, 6) is 0. The van der Waals surface area contributed by atoms with Gasteiger partial charge in [0.25, 0.3) is 0 Å². The van der Waals surface area contributed by atoms with Crippen LogP contribution in [0, 0.1) is 13.8 Å². The summed E-state index contributed by atoms with van der Waals surface area (Å²) in [6.45, 7) is 3.90. The van der Waals surface area contributed by atoms with Gasteiger partial charge in [0, 0.05) is 6.20 Å². The summed E-state index contributed by atoms with van der Waals surface area (Å²) >= 11 is 0. The number of sulfonamides is 1. The second kappa shape index (κ2) is 5.55. The highest BCUT2D eigenvalue weighted by Gasteiger charge is 2.17. The van der Waals surface area contributed by atoms with Crippen LogP contribution in [0.5, 0.6) is 0 Å². The van der Waals surface area contributed by atoms with Crippen LogP contribution in [0.2, 0.25) is 0 Å². The molecule has 0 aliphatic carbocycles. The lowest BCUT2D eigenvalue weighted by Gasteiger charge is -2.09. The molecule has 0 saturated carbocycles. The third-order valence-electron chi connectivity index (χ3n) is 3.48. The third-order valence-corrected chi connectivity index (χ3v) is 5.05. The molecule has 3 aromatic rings. The smallest absolute Gasteiger partial charge is 0.241 e. The van der Waals surface area contributed by atoms with Gasteiger partial charge in [-0.3, -0.25) is 0 Å². The lowest BCUT2D eigenvalue weighted by atomic mass is 10.2. The molecule has 0 amide bonds. The first-order chi connectivity index (χ1) is 10.5. The number of pyridine rings is 1. The van der Waals surface area contributed by atoms with Crippen LogP contribution >= 0.6 is 0 Å². The maximum atomic E-state index is 12.4. The Kier molecular flexibility index (Phi) is 3.72. The lowest BCUT2D eigenvalue weighted by Crippen LogP contribution is -2.24. The molecule has 0 atom stereocenters. The maximum absolute atomic E-state index is 12.4. The molecule has 5 nitrogen and oxygen atoms in total. The van der Waals surface area contributed by atoms with Crippen molar-refractivity contribution in [2.75, 3.05) is 0 Å². The van der Waals surface area contributed by atoms with Crippen LogP contribution in [0.15, 0.2) is 53.6 Å². The van der Waals surface area contributed by atoms with Crippen molar-refractivity contribution in [2.24, 2.45) is 0 Å². The van der Waals surface area contributed by atoms with Crippen molar-refractivity contribution < 1.29 is 8.42 Å². The van der Waals surface area contributed by atoms with E-state index in [0.717, 1.165) is 16.6 Å². The fraction of sp³-hybridized carbons (Fsp3) is 0.188. The molecule has 0 radical (unpaired) electrons. The van der Waals surface area contributed by atoms with E-state index in [2.05, 4.69) is 9.82 Å². The van der Waals surface area contributed by atoms with Gasteiger partial charge >= 0.3 is 0 Å². The topological polar surface area (TPSA) is 63.5 Å². The number of hydrogen-bond donors (Lipinski definition) is 1. The van der Waals surface area contributed by atoms with Gasteiger partial charge in [-0.2, -0.15) is 5.10 Å². The first-order valence-electron chi connectivity index (χ1n) is 6.96. The van der Waals surface area contributed by atoms with Crippen molar-refractivity contribution in [3.05, 3.63) is 65.5 Å². The van der Waals surface area contributed by atoms with Gasteiger partial charge in [0.1, 0.15) is 0 Å². The molecular weight excluding hydrogens is 298 g/mol. The van der Waals surface area contributed by atoms with E-state index in [4.69, 9.17) is 0 Å². The Morgan fingerprint density at radius 3 is 2.68 bits per heavy atom. The van der Waals surface area contributed by atoms with Crippen molar-refractivity contribution in [2.45, 2.75) is 25.3 Å². The Labute approximate surface area is 129 Å². The highest BCUT2D eigenvalue weighted by atomic mass is 32.2. The van der Waals surface area contributed by atoms with Crippen molar-refractivity contribution >= 4 is 15.5 Å². The normalized spacial score (nSPS) is 11.9. The molecule has 0 unspecified atom stereocenters. The maximum Gasteiger partial charge on any atom is 0.241 e. The SMILES string of the molecule is Cc1ccc(S(=O)(=O)NCc2cc3ccccn3n2)c(C)c1. The highest BCUT2D eigenvalue weighted by Crippen LogP contribution is 2.16. The average Bonchev–Trinajstić information content (AvgIpc) is 2.87. The molecule has 6 heteroatoms. The Balaban J connectivity index is 1.82. The number of hydrogen-bond acceptors (Lipinski definition) is 3. The van der Waals surface area contributed by atoms with Crippen LogP contribution in [0.1, 0.15) is 16.8 Å². The molecule has 2 heterocycles. The minimum Gasteiger partial charge on any atom is -0.241 e. The second-order valence-electron chi connectivity index (χ2n) is 5.30. The largest absolute Gasteiger partial charge is 0.241 e. The molecule has 3 rings (SSSR count). The van der Waals surface area contributed by atoms with Gasteiger partial charge < -0.3 is 0 Å². The Morgan fingerprint density at radius 2 is 1.95 bits per heavy atom. The third kappa shape index (κ3) is 2.88. The van der Waals surface area contributed by atoms with E-state index in [-0.39, 0.29) is 6.54 Å². The Bertz CT molecular complexity index is 896. The van der Waals surface area contributed by atoms with Crippen molar-refractivity contribution in [1.82, 2.24) is 14.3 Å². The quantitative estimate of drug-likeness (QED) is 0.804. The van der Waals surface area contributed by atoms with Crippen LogP contribution in [0.4, 0.5) is 0 Å². The summed E-state index contributed by atoms with van der Waals surface area (Å²) in [6, 6.07) is 12.9. The number of aryl methyl sites for hydroxylation is 2. The molecule has 0 aliphatic heterocycles. The van der Waals surface area contributed by atoms with Crippen LogP contribution < -0.4 is 4.72 Å². The molecule has 0 fully saturated rings. The zero-order valence-corrected chi connectivity index (χ0v) is 13.3. The Hall–Kier alpha value is -2.18. The molecular formula is C16H17N3O2S. The summed E-state index contributed by atoms with van der Waals surface area (Å²) < 4.78 is 29.1. The standard InChI is InChI=1S/C16H17N3O2S/c1-12-6-7-16(13(2)9-12)22(20,21)17-11-14-10-15-5-3-4-8-19(15)18-14/h3-10,17H,11H2,1-2H3. The molecule has 0 spiro atoms. The van der Waals surface area contributed by atoms with Crippen molar-refractivity contribution in [3.63, 3.8) is 0 Å². The number of rotatable bonds is 4. The number of benzene rings is 1. The lowest BCUT2D eigenvalue weighted by molar-refractivity contribution is 0.579. The number of fused-ring (bicyclic) bond motifs is 1. The minimum absolute atomic E-state index is 0.164. The van der Waals surface area contributed by atoms with E-state index < -0.39 is 10.0 Å². The second-order valence-corrected chi connectivity index (χ2v) is 7.03. The van der Waals surface area contributed by atoms with E-state index in [9.17, 15) is 8.42 Å². The van der Waals surface area contributed by atoms with Gasteiger partial charge in [-0.15, -0.1) is 0 Å². The number of nitrogens with zero attached hydrogens (tertiary/aromatic N) is 2. The fourth-order valence-electron chi connectivity index (χ4n) is 2.42. The van der Waals surface area contributed by atoms with E-state index >= 15 is 0 Å². The molecule has 0 aliphatic rings. The summed E-state index contributed by atoms with van der Waals surface area (Å²) in [4.78, 5) is 0.307. The molecule has 1 aromatic carbocycles. The first kappa shape index (κ1) is 14.7. The van der Waals surface area contributed by atoms with E-state index in [1.54, 1.807) is 23.6 Å². The van der Waals surface area contributed by atoms with E-state index in [1.165, 1.54) is 0 Å². The molecule has 22 heavy (non-hydrogen) atoms. The number of aromatic nitrogens is 2. The summed E-state index contributed by atoms with van der Waals surface area (Å²) in [7, 11) is -3.54. The van der Waals surface area contributed by atoms with Gasteiger partial charge in [-0.1, -0.05) is 23.8 Å². The first-order valence-corrected chi connectivity index (χ1v) is 8.44. The van der Waals surface area contributed by atoms with E-state index in [0.29, 0.717) is 10.6 Å². The highest BCUT2D eigenvalue weighted by molar-refractivity contribution is 7.89. The monoisotopic (exact) mass is 315 g/mol. The van der Waals surface area contributed by atoms with Gasteiger partial charge in [-0.05, 0) is 43.7 Å².